The number of nitriles is 1. The SMILES string of the molecule is COc1cc(Cn2c(=O)cc(N3CCC[C@@H](N)C3)n(Cc3cc(F)ccc3C#N)c2=O)c(Br)c(Br)c1OC. The topological polar surface area (TPSA) is 116 Å². The number of ether oxygens (including phenoxy) is 2. The predicted octanol–water partition coefficient (Wildman–Crippen LogP) is 3.59. The van der Waals surface area contributed by atoms with Crippen LogP contribution in [0.5, 0.6) is 11.5 Å². The van der Waals surface area contributed by atoms with Gasteiger partial charge in [0.2, 0.25) is 0 Å². The van der Waals surface area contributed by atoms with E-state index in [0.29, 0.717) is 50.5 Å². The van der Waals surface area contributed by atoms with Crippen LogP contribution in [-0.4, -0.2) is 42.5 Å². The third-order valence-corrected chi connectivity index (χ3v) is 8.71. The molecule has 200 valence electrons. The molecule has 0 aliphatic carbocycles. The molecule has 38 heavy (non-hydrogen) atoms. The van der Waals surface area contributed by atoms with Crippen molar-refractivity contribution in [3.63, 3.8) is 0 Å². The number of methoxy groups -OCH3 is 2. The van der Waals surface area contributed by atoms with E-state index in [-0.39, 0.29) is 24.7 Å². The maximum absolute atomic E-state index is 14.1. The molecule has 0 saturated carbocycles. The molecule has 1 atom stereocenters. The van der Waals surface area contributed by atoms with Crippen molar-refractivity contribution < 1.29 is 13.9 Å². The monoisotopic (exact) mass is 649 g/mol. The number of hydrogen-bond donors (Lipinski definition) is 1. The van der Waals surface area contributed by atoms with E-state index in [0.717, 1.165) is 17.4 Å². The third kappa shape index (κ3) is 5.50. The second-order valence-electron chi connectivity index (χ2n) is 8.96. The molecule has 1 fully saturated rings. The Bertz CT molecular complexity index is 1530. The summed E-state index contributed by atoms with van der Waals surface area (Å²) in [5.74, 6) is 0.733. The van der Waals surface area contributed by atoms with Crippen molar-refractivity contribution in [1.29, 1.82) is 5.26 Å². The molecule has 1 aromatic heterocycles. The highest BCUT2D eigenvalue weighted by molar-refractivity contribution is 9.13. The Morgan fingerprint density at radius 2 is 1.82 bits per heavy atom. The summed E-state index contributed by atoms with van der Waals surface area (Å²) in [4.78, 5) is 29.2. The minimum atomic E-state index is -0.599. The summed E-state index contributed by atoms with van der Waals surface area (Å²) in [7, 11) is 3.00. The van der Waals surface area contributed by atoms with E-state index in [1.54, 1.807) is 6.07 Å². The minimum absolute atomic E-state index is 0.0781. The number of nitrogens with two attached hydrogens (primary N) is 1. The molecule has 9 nitrogen and oxygen atoms in total. The van der Waals surface area contributed by atoms with Crippen molar-refractivity contribution in [3.05, 3.63) is 82.6 Å². The summed E-state index contributed by atoms with van der Waals surface area (Å²) in [6.45, 7) is 0.896. The zero-order chi connectivity index (χ0) is 27.6. The second kappa shape index (κ2) is 11.7. The van der Waals surface area contributed by atoms with Crippen LogP contribution in [0.25, 0.3) is 0 Å². The van der Waals surface area contributed by atoms with Crippen LogP contribution in [0.4, 0.5) is 10.2 Å². The van der Waals surface area contributed by atoms with Crippen molar-refractivity contribution >= 4 is 37.7 Å². The van der Waals surface area contributed by atoms with Gasteiger partial charge in [-0.15, -0.1) is 0 Å². The number of piperidine rings is 1. The first-order valence-corrected chi connectivity index (χ1v) is 13.4. The number of nitrogens with zero attached hydrogens (tertiary/aromatic N) is 4. The van der Waals surface area contributed by atoms with E-state index in [9.17, 15) is 19.2 Å². The maximum Gasteiger partial charge on any atom is 0.333 e. The zero-order valence-electron chi connectivity index (χ0n) is 20.8. The number of hydrogen-bond acceptors (Lipinski definition) is 7. The summed E-state index contributed by atoms with van der Waals surface area (Å²) < 4.78 is 28.6. The third-order valence-electron chi connectivity index (χ3n) is 6.51. The normalized spacial score (nSPS) is 15.3. The lowest BCUT2D eigenvalue weighted by Gasteiger charge is -2.34. The molecule has 0 unspecified atom stereocenters. The van der Waals surface area contributed by atoms with Gasteiger partial charge < -0.3 is 20.1 Å². The molecule has 0 bridgehead atoms. The summed E-state index contributed by atoms with van der Waals surface area (Å²) in [5, 5.41) is 9.58. The van der Waals surface area contributed by atoms with E-state index in [1.165, 1.54) is 43.1 Å². The first-order valence-electron chi connectivity index (χ1n) is 11.8. The van der Waals surface area contributed by atoms with Crippen molar-refractivity contribution in [2.24, 2.45) is 5.73 Å². The molecule has 0 amide bonds. The van der Waals surface area contributed by atoms with Crippen LogP contribution in [0.1, 0.15) is 29.5 Å². The number of aromatic nitrogens is 2. The molecule has 2 N–H and O–H groups in total. The van der Waals surface area contributed by atoms with Gasteiger partial charge >= 0.3 is 5.69 Å². The van der Waals surface area contributed by atoms with Gasteiger partial charge in [-0.25, -0.2) is 9.18 Å². The van der Waals surface area contributed by atoms with Crippen LogP contribution in [0, 0.1) is 17.1 Å². The second-order valence-corrected chi connectivity index (χ2v) is 10.5. The first-order chi connectivity index (χ1) is 18.2. The highest BCUT2D eigenvalue weighted by atomic mass is 79.9. The molecule has 3 aromatic rings. The van der Waals surface area contributed by atoms with Crippen molar-refractivity contribution in [1.82, 2.24) is 9.13 Å². The highest BCUT2D eigenvalue weighted by Gasteiger charge is 2.24. The van der Waals surface area contributed by atoms with Gasteiger partial charge in [-0.3, -0.25) is 13.9 Å². The van der Waals surface area contributed by atoms with Gasteiger partial charge in [-0.1, -0.05) is 0 Å². The minimum Gasteiger partial charge on any atom is -0.493 e. The van der Waals surface area contributed by atoms with E-state index in [2.05, 4.69) is 37.9 Å². The molecule has 12 heteroatoms. The van der Waals surface area contributed by atoms with Crippen molar-refractivity contribution in [3.8, 4) is 17.6 Å². The fraction of sp³-hybridized carbons (Fsp3) is 0.346. The molecule has 2 aromatic carbocycles. The summed E-state index contributed by atoms with van der Waals surface area (Å²) >= 11 is 6.99. The quantitative estimate of drug-likeness (QED) is 0.416. The van der Waals surface area contributed by atoms with Gasteiger partial charge in [0.05, 0.1) is 43.4 Å². The molecular weight excluding hydrogens is 625 g/mol. The fourth-order valence-electron chi connectivity index (χ4n) is 4.61. The van der Waals surface area contributed by atoms with Crippen molar-refractivity contribution in [2.75, 3.05) is 32.2 Å². The average molecular weight is 651 g/mol. The lowest BCUT2D eigenvalue weighted by Crippen LogP contribution is -2.48. The van der Waals surface area contributed by atoms with Gasteiger partial charge in [0.1, 0.15) is 11.6 Å². The molecular formula is C26H26Br2FN5O4. The molecule has 4 rings (SSSR count). The molecule has 0 spiro atoms. The van der Waals surface area contributed by atoms with Crippen molar-refractivity contribution in [2.45, 2.75) is 32.0 Å². The number of rotatable bonds is 7. The lowest BCUT2D eigenvalue weighted by molar-refractivity contribution is 0.352. The average Bonchev–Trinajstić information content (AvgIpc) is 2.90. The van der Waals surface area contributed by atoms with Gasteiger partial charge in [-0.2, -0.15) is 5.26 Å². The zero-order valence-corrected chi connectivity index (χ0v) is 24.0. The Morgan fingerprint density at radius 3 is 2.47 bits per heavy atom. The van der Waals surface area contributed by atoms with Gasteiger partial charge in [0.15, 0.2) is 11.5 Å². The molecule has 1 aliphatic heterocycles. The number of benzene rings is 2. The van der Waals surface area contributed by atoms with E-state index < -0.39 is 17.1 Å². The smallest absolute Gasteiger partial charge is 0.333 e. The Labute approximate surface area is 235 Å². The van der Waals surface area contributed by atoms with Crippen LogP contribution in [-0.2, 0) is 13.1 Å². The van der Waals surface area contributed by atoms with Gasteiger partial charge in [0.25, 0.3) is 5.56 Å². The molecule has 0 radical (unpaired) electrons. The van der Waals surface area contributed by atoms with E-state index in [4.69, 9.17) is 15.2 Å². The van der Waals surface area contributed by atoms with Gasteiger partial charge in [0, 0.05) is 29.7 Å². The molecule has 1 saturated heterocycles. The summed E-state index contributed by atoms with van der Waals surface area (Å²) in [5.41, 5.74) is 6.25. The molecule has 2 heterocycles. The fourth-order valence-corrected chi connectivity index (χ4v) is 5.65. The first kappa shape index (κ1) is 27.9. The van der Waals surface area contributed by atoms with Crippen LogP contribution >= 0.6 is 31.9 Å². The standard InChI is InChI=1S/C26H26Br2FN5O4/c1-37-20-9-17(23(27)24(28)25(20)38-2)13-34-22(35)10-21(32-7-3-4-19(31)14-32)33(26(34)36)12-16-8-18(29)6-5-15(16)11-30/h5-6,8-10,19H,3-4,7,12-14,31H2,1-2H3/t19-/m1/s1. The number of anilines is 1. The summed E-state index contributed by atoms with van der Waals surface area (Å²) in [6, 6.07) is 8.82. The van der Waals surface area contributed by atoms with Crippen LogP contribution in [0.2, 0.25) is 0 Å². The highest BCUT2D eigenvalue weighted by Crippen LogP contribution is 2.42. The lowest BCUT2D eigenvalue weighted by atomic mass is 10.1. The molecule has 1 aliphatic rings. The van der Waals surface area contributed by atoms with E-state index in [1.807, 2.05) is 4.90 Å². The largest absolute Gasteiger partial charge is 0.493 e. The maximum atomic E-state index is 14.1. The van der Waals surface area contributed by atoms with Gasteiger partial charge in [-0.05, 0) is 80.1 Å². The Morgan fingerprint density at radius 1 is 1.08 bits per heavy atom. The predicted molar refractivity (Wildman–Crippen MR) is 149 cm³/mol. The van der Waals surface area contributed by atoms with E-state index >= 15 is 0 Å². The van der Waals surface area contributed by atoms with Crippen LogP contribution in [0.3, 0.4) is 0 Å². The van der Waals surface area contributed by atoms with Crippen LogP contribution < -0.4 is 31.4 Å². The Kier molecular flexibility index (Phi) is 8.60. The Hall–Kier alpha value is -3.14. The van der Waals surface area contributed by atoms with Crippen LogP contribution in [0.15, 0.2) is 48.9 Å². The summed E-state index contributed by atoms with van der Waals surface area (Å²) in [6.07, 6.45) is 1.64. The number of halogens is 3. The Balaban J connectivity index is 1.88.